The fourth-order valence-electron chi connectivity index (χ4n) is 3.28. The largest absolute Gasteiger partial charge is 0.381 e. The molecule has 0 saturated carbocycles. The fraction of sp³-hybridized carbons (Fsp3) is 0.333. The van der Waals surface area contributed by atoms with E-state index in [2.05, 4.69) is 15.4 Å². The molecule has 0 atom stereocenters. The molecule has 26 heavy (non-hydrogen) atoms. The van der Waals surface area contributed by atoms with Crippen LogP contribution < -0.4 is 5.32 Å². The highest BCUT2D eigenvalue weighted by Gasteiger charge is 2.22. The number of nitrogens with one attached hydrogen (secondary N) is 1. The number of aromatic nitrogens is 3. The fourth-order valence-corrected chi connectivity index (χ4v) is 3.28. The third kappa shape index (κ3) is 3.14. The SMILES string of the molecule is OC(O)c1ccncc1Nc1nn(C2CCOCC2)c2ccc(F)cc12. The van der Waals surface area contributed by atoms with Crippen molar-refractivity contribution in [2.24, 2.45) is 0 Å². The molecule has 0 spiro atoms. The Morgan fingerprint density at radius 3 is 2.81 bits per heavy atom. The normalized spacial score (nSPS) is 15.7. The van der Waals surface area contributed by atoms with Gasteiger partial charge in [0, 0.05) is 30.4 Å². The second kappa shape index (κ2) is 6.99. The Labute approximate surface area is 149 Å². The standard InChI is InChI=1S/C18H19FN4O3/c19-11-1-2-16-14(9-11)17(22-23(16)12-4-7-26-8-5-12)21-15-10-20-6-3-13(15)18(24)25/h1-3,6,9-10,12,18,24-25H,4-5,7-8H2,(H,21,22). The van der Waals surface area contributed by atoms with Crippen LogP contribution in [0.25, 0.3) is 10.9 Å². The minimum Gasteiger partial charge on any atom is -0.381 e. The molecule has 3 heterocycles. The Morgan fingerprint density at radius 2 is 2.04 bits per heavy atom. The summed E-state index contributed by atoms with van der Waals surface area (Å²) in [5.41, 5.74) is 1.49. The predicted octanol–water partition coefficient (Wildman–Crippen LogP) is 2.65. The van der Waals surface area contributed by atoms with Crippen LogP contribution >= 0.6 is 0 Å². The molecule has 0 unspecified atom stereocenters. The predicted molar refractivity (Wildman–Crippen MR) is 93.5 cm³/mol. The second-order valence-electron chi connectivity index (χ2n) is 6.26. The van der Waals surface area contributed by atoms with Gasteiger partial charge >= 0.3 is 0 Å². The Kier molecular flexibility index (Phi) is 4.54. The van der Waals surface area contributed by atoms with Crippen LogP contribution in [-0.4, -0.2) is 38.2 Å². The highest BCUT2D eigenvalue weighted by molar-refractivity contribution is 5.92. The number of hydrogen-bond donors (Lipinski definition) is 3. The number of pyridine rings is 1. The molecule has 1 fully saturated rings. The second-order valence-corrected chi connectivity index (χ2v) is 6.26. The van der Waals surface area contributed by atoms with E-state index in [-0.39, 0.29) is 17.4 Å². The van der Waals surface area contributed by atoms with Crippen LogP contribution in [-0.2, 0) is 4.74 Å². The molecule has 8 heteroatoms. The van der Waals surface area contributed by atoms with Crippen LogP contribution in [0, 0.1) is 5.82 Å². The molecule has 0 aliphatic carbocycles. The number of aliphatic hydroxyl groups excluding tert-OH is 1. The number of benzene rings is 1. The number of halogens is 1. The topological polar surface area (TPSA) is 92.4 Å². The van der Waals surface area contributed by atoms with E-state index in [0.29, 0.717) is 30.1 Å². The van der Waals surface area contributed by atoms with Crippen LogP contribution in [0.2, 0.25) is 0 Å². The molecule has 4 rings (SSSR count). The van der Waals surface area contributed by atoms with Crippen molar-refractivity contribution in [3.63, 3.8) is 0 Å². The van der Waals surface area contributed by atoms with Gasteiger partial charge in [0.2, 0.25) is 0 Å². The maximum atomic E-state index is 13.8. The van der Waals surface area contributed by atoms with E-state index < -0.39 is 6.29 Å². The number of nitrogens with zero attached hydrogens (tertiary/aromatic N) is 3. The van der Waals surface area contributed by atoms with E-state index in [1.807, 2.05) is 4.68 Å². The van der Waals surface area contributed by atoms with Gasteiger partial charge in [-0.3, -0.25) is 9.67 Å². The molecule has 3 aromatic rings. The van der Waals surface area contributed by atoms with Gasteiger partial charge in [0.1, 0.15) is 5.82 Å². The molecule has 3 N–H and O–H groups in total. The highest BCUT2D eigenvalue weighted by atomic mass is 19.1. The number of aliphatic hydroxyl groups is 2. The minimum atomic E-state index is -1.65. The van der Waals surface area contributed by atoms with Gasteiger partial charge < -0.3 is 20.3 Å². The van der Waals surface area contributed by atoms with E-state index in [1.165, 1.54) is 30.6 Å². The quantitative estimate of drug-likeness (QED) is 0.621. The molecule has 0 radical (unpaired) electrons. The number of rotatable bonds is 4. The van der Waals surface area contributed by atoms with Gasteiger partial charge in [-0.1, -0.05) is 0 Å². The summed E-state index contributed by atoms with van der Waals surface area (Å²) in [6, 6.07) is 6.22. The van der Waals surface area contributed by atoms with Gasteiger partial charge in [-0.25, -0.2) is 4.39 Å². The number of hydrogen-bond acceptors (Lipinski definition) is 6. The van der Waals surface area contributed by atoms with Crippen molar-refractivity contribution in [2.75, 3.05) is 18.5 Å². The Hall–Kier alpha value is -2.55. The maximum Gasteiger partial charge on any atom is 0.180 e. The lowest BCUT2D eigenvalue weighted by molar-refractivity contribution is -0.0419. The van der Waals surface area contributed by atoms with Crippen molar-refractivity contribution in [2.45, 2.75) is 25.2 Å². The first-order valence-corrected chi connectivity index (χ1v) is 8.46. The molecular formula is C18H19FN4O3. The highest BCUT2D eigenvalue weighted by Crippen LogP contribution is 2.33. The summed E-state index contributed by atoms with van der Waals surface area (Å²) in [4.78, 5) is 4.01. The Morgan fingerprint density at radius 1 is 1.23 bits per heavy atom. The summed E-state index contributed by atoms with van der Waals surface area (Å²) in [6.45, 7) is 1.33. The van der Waals surface area contributed by atoms with Crippen LogP contribution in [0.1, 0.15) is 30.7 Å². The smallest absolute Gasteiger partial charge is 0.180 e. The van der Waals surface area contributed by atoms with Crippen molar-refractivity contribution in [1.82, 2.24) is 14.8 Å². The van der Waals surface area contributed by atoms with E-state index in [9.17, 15) is 14.6 Å². The maximum absolute atomic E-state index is 13.8. The lowest BCUT2D eigenvalue weighted by Gasteiger charge is -2.23. The van der Waals surface area contributed by atoms with Crippen LogP contribution in [0.5, 0.6) is 0 Å². The molecule has 1 saturated heterocycles. The minimum absolute atomic E-state index is 0.170. The van der Waals surface area contributed by atoms with Gasteiger partial charge in [-0.2, -0.15) is 5.10 Å². The first-order valence-electron chi connectivity index (χ1n) is 8.46. The molecule has 7 nitrogen and oxygen atoms in total. The summed E-state index contributed by atoms with van der Waals surface area (Å²) in [5, 5.41) is 27.4. The van der Waals surface area contributed by atoms with Crippen molar-refractivity contribution in [3.8, 4) is 0 Å². The zero-order valence-corrected chi connectivity index (χ0v) is 14.0. The number of fused-ring (bicyclic) bond motifs is 1. The summed E-state index contributed by atoms with van der Waals surface area (Å²) in [5.74, 6) is 0.0848. The van der Waals surface area contributed by atoms with Crippen molar-refractivity contribution in [3.05, 3.63) is 48.0 Å². The van der Waals surface area contributed by atoms with Gasteiger partial charge in [-0.15, -0.1) is 0 Å². The average molecular weight is 358 g/mol. The van der Waals surface area contributed by atoms with E-state index >= 15 is 0 Å². The average Bonchev–Trinajstić information content (AvgIpc) is 3.00. The van der Waals surface area contributed by atoms with Gasteiger partial charge in [0.25, 0.3) is 0 Å². The zero-order valence-electron chi connectivity index (χ0n) is 14.0. The first-order chi connectivity index (χ1) is 12.6. The zero-order chi connectivity index (χ0) is 18.1. The lowest BCUT2D eigenvalue weighted by atomic mass is 10.1. The molecular weight excluding hydrogens is 339 g/mol. The van der Waals surface area contributed by atoms with Crippen LogP contribution in [0.3, 0.4) is 0 Å². The molecule has 1 aliphatic rings. The van der Waals surface area contributed by atoms with Crippen LogP contribution in [0.15, 0.2) is 36.7 Å². The summed E-state index contributed by atoms with van der Waals surface area (Å²) in [6.07, 6.45) is 2.97. The van der Waals surface area contributed by atoms with Gasteiger partial charge in [0.15, 0.2) is 12.1 Å². The molecule has 0 amide bonds. The van der Waals surface area contributed by atoms with Crippen LogP contribution in [0.4, 0.5) is 15.9 Å². The third-order valence-electron chi connectivity index (χ3n) is 4.59. The van der Waals surface area contributed by atoms with Gasteiger partial charge in [-0.05, 0) is 37.1 Å². The van der Waals surface area contributed by atoms with Crippen molar-refractivity contribution >= 4 is 22.4 Å². The Bertz CT molecular complexity index is 922. The number of anilines is 2. The molecule has 1 aliphatic heterocycles. The Balaban J connectivity index is 1.79. The third-order valence-corrected chi connectivity index (χ3v) is 4.59. The van der Waals surface area contributed by atoms with Crippen molar-refractivity contribution < 1.29 is 19.3 Å². The van der Waals surface area contributed by atoms with Crippen molar-refractivity contribution in [1.29, 1.82) is 0 Å². The molecule has 136 valence electrons. The molecule has 0 bridgehead atoms. The number of ether oxygens (including phenoxy) is 1. The lowest BCUT2D eigenvalue weighted by Crippen LogP contribution is -2.20. The molecule has 2 aromatic heterocycles. The summed E-state index contributed by atoms with van der Waals surface area (Å²) in [7, 11) is 0. The van der Waals surface area contributed by atoms with Gasteiger partial charge in [0.05, 0.1) is 23.4 Å². The summed E-state index contributed by atoms with van der Waals surface area (Å²) < 4.78 is 21.1. The van der Waals surface area contributed by atoms with E-state index in [0.717, 1.165) is 18.4 Å². The first kappa shape index (κ1) is 16.9. The van der Waals surface area contributed by atoms with E-state index in [1.54, 1.807) is 6.07 Å². The molecule has 1 aromatic carbocycles. The monoisotopic (exact) mass is 358 g/mol. The summed E-state index contributed by atoms with van der Waals surface area (Å²) >= 11 is 0. The van der Waals surface area contributed by atoms with E-state index in [4.69, 9.17) is 4.74 Å².